The van der Waals surface area contributed by atoms with Crippen LogP contribution in [0.25, 0.3) is 0 Å². The van der Waals surface area contributed by atoms with E-state index in [9.17, 15) is 9.90 Å². The average molecular weight is 273 g/mol. The summed E-state index contributed by atoms with van der Waals surface area (Å²) in [5.74, 6) is -1.29. The quantitative estimate of drug-likeness (QED) is 0.825. The smallest absolute Gasteiger partial charge is 0.122 e. The van der Waals surface area contributed by atoms with Gasteiger partial charge in [0.1, 0.15) is 6.61 Å². The van der Waals surface area contributed by atoms with Gasteiger partial charge in [0.05, 0.1) is 21.7 Å². The fourth-order valence-electron chi connectivity index (χ4n) is 1.75. The molecule has 0 spiro atoms. The summed E-state index contributed by atoms with van der Waals surface area (Å²) < 4.78 is 0. The predicted molar refractivity (Wildman–Crippen MR) is 62.6 cm³/mol. The van der Waals surface area contributed by atoms with Crippen molar-refractivity contribution in [1.82, 2.24) is 0 Å². The third-order valence-electron chi connectivity index (χ3n) is 2.59. The molecule has 0 fully saturated rings. The third-order valence-corrected chi connectivity index (χ3v) is 3.38. The summed E-state index contributed by atoms with van der Waals surface area (Å²) in [5.41, 5.74) is 1.64. The lowest BCUT2D eigenvalue weighted by molar-refractivity contribution is -0.255. The molecule has 1 heterocycles. The zero-order valence-corrected chi connectivity index (χ0v) is 10.4. The average Bonchev–Trinajstić information content (AvgIpc) is 2.76. The van der Waals surface area contributed by atoms with Crippen LogP contribution in [0.15, 0.2) is 11.2 Å². The zero-order valence-electron chi connectivity index (χ0n) is 8.92. The van der Waals surface area contributed by atoms with Crippen molar-refractivity contribution in [2.75, 3.05) is 6.61 Å². The Morgan fingerprint density at radius 1 is 1.53 bits per heavy atom. The maximum absolute atomic E-state index is 11.0. The molecule has 0 unspecified atom stereocenters. The fourth-order valence-corrected chi connectivity index (χ4v) is 2.26. The van der Waals surface area contributed by atoms with Gasteiger partial charge in [-0.3, -0.25) is 0 Å². The standard InChI is InChI=1S/C11H9Cl2NO3/c1-5-6(11(15)16)4-7(12)10(13)9(5)8-2-3-17-14-8/h4H,2-3H2,1H3,(H,15,16)/p-1. The van der Waals surface area contributed by atoms with Crippen LogP contribution in [-0.4, -0.2) is 18.3 Å². The highest BCUT2D eigenvalue weighted by Gasteiger charge is 2.21. The molecular weight excluding hydrogens is 265 g/mol. The monoisotopic (exact) mass is 272 g/mol. The number of carboxylic acids is 1. The van der Waals surface area contributed by atoms with Crippen molar-refractivity contribution in [3.63, 3.8) is 0 Å². The van der Waals surface area contributed by atoms with Gasteiger partial charge in [-0.25, -0.2) is 0 Å². The predicted octanol–water partition coefficient (Wildman–Crippen LogP) is 1.79. The molecule has 0 radical (unpaired) electrons. The summed E-state index contributed by atoms with van der Waals surface area (Å²) >= 11 is 12.0. The molecule has 1 aliphatic rings. The van der Waals surface area contributed by atoms with Gasteiger partial charge in [0.25, 0.3) is 0 Å². The Morgan fingerprint density at radius 3 is 2.76 bits per heavy atom. The summed E-state index contributed by atoms with van der Waals surface area (Å²) in [4.78, 5) is 15.9. The number of nitrogens with zero attached hydrogens (tertiary/aromatic N) is 1. The number of oxime groups is 1. The van der Waals surface area contributed by atoms with E-state index in [2.05, 4.69) is 5.16 Å². The van der Waals surface area contributed by atoms with E-state index in [1.807, 2.05) is 0 Å². The number of carbonyl (C=O) groups is 1. The first kappa shape index (κ1) is 12.2. The van der Waals surface area contributed by atoms with Crippen molar-refractivity contribution in [2.45, 2.75) is 13.3 Å². The van der Waals surface area contributed by atoms with Crippen molar-refractivity contribution in [2.24, 2.45) is 5.16 Å². The van der Waals surface area contributed by atoms with Crippen molar-refractivity contribution in [3.05, 3.63) is 32.8 Å². The van der Waals surface area contributed by atoms with Crippen molar-refractivity contribution in [1.29, 1.82) is 0 Å². The molecule has 90 valence electrons. The van der Waals surface area contributed by atoms with E-state index in [4.69, 9.17) is 28.0 Å². The highest BCUT2D eigenvalue weighted by atomic mass is 35.5. The first-order chi connectivity index (χ1) is 8.02. The molecule has 1 aromatic rings. The second-order valence-corrected chi connectivity index (χ2v) is 4.41. The number of hydrogen-bond donors (Lipinski definition) is 0. The Bertz CT molecular complexity index is 526. The molecule has 6 heteroatoms. The first-order valence-electron chi connectivity index (χ1n) is 4.91. The van der Waals surface area contributed by atoms with Gasteiger partial charge in [-0.2, -0.15) is 0 Å². The summed E-state index contributed by atoms with van der Waals surface area (Å²) in [7, 11) is 0. The van der Waals surface area contributed by atoms with Crippen LogP contribution in [-0.2, 0) is 4.84 Å². The minimum atomic E-state index is -1.29. The molecule has 17 heavy (non-hydrogen) atoms. The van der Waals surface area contributed by atoms with Crippen LogP contribution in [0.5, 0.6) is 0 Å². The van der Waals surface area contributed by atoms with Gasteiger partial charge < -0.3 is 14.7 Å². The molecule has 0 atom stereocenters. The van der Waals surface area contributed by atoms with E-state index in [0.717, 1.165) is 0 Å². The first-order valence-corrected chi connectivity index (χ1v) is 5.67. The van der Waals surface area contributed by atoms with Crippen molar-refractivity contribution in [3.8, 4) is 0 Å². The third kappa shape index (κ3) is 2.10. The van der Waals surface area contributed by atoms with E-state index in [0.29, 0.717) is 34.9 Å². The van der Waals surface area contributed by atoms with Gasteiger partial charge in [0, 0.05) is 17.5 Å². The molecule has 0 saturated carbocycles. The molecule has 0 N–H and O–H groups in total. The van der Waals surface area contributed by atoms with Crippen molar-refractivity contribution >= 4 is 34.9 Å². The number of rotatable bonds is 2. The maximum atomic E-state index is 11.0. The Morgan fingerprint density at radius 2 is 2.24 bits per heavy atom. The summed E-state index contributed by atoms with van der Waals surface area (Å²) in [6.07, 6.45) is 0.577. The summed E-state index contributed by atoms with van der Waals surface area (Å²) in [6.45, 7) is 2.10. The van der Waals surface area contributed by atoms with E-state index < -0.39 is 5.97 Å². The van der Waals surface area contributed by atoms with Gasteiger partial charge in [-0.15, -0.1) is 0 Å². The highest BCUT2D eigenvalue weighted by Crippen LogP contribution is 2.33. The number of aromatic carboxylic acids is 1. The number of hydrogen-bond acceptors (Lipinski definition) is 4. The second kappa shape index (κ2) is 4.55. The Hall–Kier alpha value is -1.26. The van der Waals surface area contributed by atoms with Crippen LogP contribution in [0, 0.1) is 6.92 Å². The molecule has 1 aliphatic heterocycles. The molecule has 0 aromatic heterocycles. The summed E-state index contributed by atoms with van der Waals surface area (Å²) in [5, 5.41) is 15.3. The van der Waals surface area contributed by atoms with Crippen LogP contribution in [0.2, 0.25) is 10.0 Å². The van der Waals surface area contributed by atoms with Crippen molar-refractivity contribution < 1.29 is 14.7 Å². The molecule has 2 rings (SSSR count). The number of carbonyl (C=O) groups excluding carboxylic acids is 1. The Labute approximate surface area is 108 Å². The lowest BCUT2D eigenvalue weighted by Gasteiger charge is -2.14. The van der Waals surface area contributed by atoms with E-state index in [1.165, 1.54) is 6.07 Å². The minimum Gasteiger partial charge on any atom is -0.545 e. The topological polar surface area (TPSA) is 61.7 Å². The molecule has 0 bridgehead atoms. The molecule has 0 saturated heterocycles. The maximum Gasteiger partial charge on any atom is 0.122 e. The SMILES string of the molecule is Cc1c(C(=O)[O-])cc(Cl)c(Cl)c1C1=NOCC1. The number of halogens is 2. The molecular formula is C11H8Cl2NO3-. The van der Waals surface area contributed by atoms with Crippen LogP contribution in [0.1, 0.15) is 27.9 Å². The second-order valence-electron chi connectivity index (χ2n) is 3.63. The van der Waals surface area contributed by atoms with E-state index >= 15 is 0 Å². The largest absolute Gasteiger partial charge is 0.545 e. The van der Waals surface area contributed by atoms with E-state index in [-0.39, 0.29) is 10.6 Å². The zero-order chi connectivity index (χ0) is 12.6. The van der Waals surface area contributed by atoms with Crippen LogP contribution >= 0.6 is 23.2 Å². The lowest BCUT2D eigenvalue weighted by atomic mass is 9.97. The van der Waals surface area contributed by atoms with Gasteiger partial charge in [-0.1, -0.05) is 28.4 Å². The Balaban J connectivity index is 2.68. The van der Waals surface area contributed by atoms with Gasteiger partial charge in [0.2, 0.25) is 0 Å². The molecule has 0 amide bonds. The van der Waals surface area contributed by atoms with E-state index in [1.54, 1.807) is 6.92 Å². The minimum absolute atomic E-state index is 0.0176. The van der Waals surface area contributed by atoms with Gasteiger partial charge >= 0.3 is 0 Å². The lowest BCUT2D eigenvalue weighted by Crippen LogP contribution is -2.24. The van der Waals surface area contributed by atoms with Crippen LogP contribution in [0.3, 0.4) is 0 Å². The van der Waals surface area contributed by atoms with Gasteiger partial charge in [0.15, 0.2) is 0 Å². The normalized spacial score (nSPS) is 14.4. The highest BCUT2D eigenvalue weighted by molar-refractivity contribution is 6.44. The van der Waals surface area contributed by atoms with Crippen LogP contribution in [0.4, 0.5) is 0 Å². The molecule has 1 aromatic carbocycles. The Kier molecular flexibility index (Phi) is 3.26. The molecule has 4 nitrogen and oxygen atoms in total. The fraction of sp³-hybridized carbons (Fsp3) is 0.273. The van der Waals surface area contributed by atoms with Crippen LogP contribution < -0.4 is 5.11 Å². The number of carboxylic acid groups (broad SMARTS) is 1. The number of benzene rings is 1. The molecule has 0 aliphatic carbocycles. The van der Waals surface area contributed by atoms with Gasteiger partial charge in [-0.05, 0) is 18.6 Å². The summed E-state index contributed by atoms with van der Waals surface area (Å²) in [6, 6.07) is 1.29.